The number of allylic oxidation sites excluding steroid dienone is 5. The summed E-state index contributed by atoms with van der Waals surface area (Å²) in [4.78, 5) is 0. The second kappa shape index (κ2) is 5.00. The highest BCUT2D eigenvalue weighted by Crippen LogP contribution is 2.29. The summed E-state index contributed by atoms with van der Waals surface area (Å²) in [7, 11) is 0. The Kier molecular flexibility index (Phi) is 3.43. The zero-order chi connectivity index (χ0) is 12.3. The van der Waals surface area contributed by atoms with E-state index >= 15 is 0 Å². The van der Waals surface area contributed by atoms with Crippen LogP contribution in [0.4, 0.5) is 4.39 Å². The summed E-state index contributed by atoms with van der Waals surface area (Å²) < 4.78 is 18.8. The fraction of sp³-hybridized carbons (Fsp3) is 0.200. The molecule has 88 valence electrons. The number of rotatable bonds is 2. The first-order valence-corrected chi connectivity index (χ1v) is 5.66. The normalized spacial score (nSPS) is 15.4. The number of benzene rings is 1. The molecule has 1 aromatic carbocycles. The molecule has 0 bridgehead atoms. The third kappa shape index (κ3) is 2.64. The molecule has 1 nitrogen and oxygen atoms in total. The number of hydrogen-bond donors (Lipinski definition) is 0. The van der Waals surface area contributed by atoms with Crippen molar-refractivity contribution in [2.75, 3.05) is 0 Å². The van der Waals surface area contributed by atoms with Gasteiger partial charge in [0, 0.05) is 6.07 Å². The highest BCUT2D eigenvalue weighted by atomic mass is 19.1. The summed E-state index contributed by atoms with van der Waals surface area (Å²) in [6, 6.07) is 4.71. The lowest BCUT2D eigenvalue weighted by Gasteiger charge is -2.08. The molecule has 17 heavy (non-hydrogen) atoms. The van der Waals surface area contributed by atoms with Crippen LogP contribution in [0, 0.1) is 5.82 Å². The van der Waals surface area contributed by atoms with Gasteiger partial charge in [-0.1, -0.05) is 30.9 Å². The molecular formula is C15H15FO. The van der Waals surface area contributed by atoms with Crippen molar-refractivity contribution in [1.29, 1.82) is 0 Å². The van der Waals surface area contributed by atoms with E-state index in [1.54, 1.807) is 12.1 Å². The van der Waals surface area contributed by atoms with Gasteiger partial charge in [0.15, 0.2) is 0 Å². The van der Waals surface area contributed by atoms with E-state index in [1.807, 2.05) is 19.1 Å². The minimum atomic E-state index is -0.262. The standard InChI is InChI=1S/C15H15FO/c1-3-4-5-12-6-7-13-8-9-14(16)10-15(13)17-11(12)2/h3-5,8-10H,1,6-7H2,2H3/b5-4-. The van der Waals surface area contributed by atoms with E-state index in [0.717, 1.165) is 29.7 Å². The maximum Gasteiger partial charge on any atom is 0.133 e. The number of fused-ring (bicyclic) bond motifs is 1. The maximum atomic E-state index is 13.1. The van der Waals surface area contributed by atoms with Crippen molar-refractivity contribution in [2.24, 2.45) is 0 Å². The largest absolute Gasteiger partial charge is 0.461 e. The van der Waals surface area contributed by atoms with Crippen molar-refractivity contribution < 1.29 is 9.13 Å². The number of ether oxygens (including phenoxy) is 1. The van der Waals surface area contributed by atoms with Gasteiger partial charge in [-0.25, -0.2) is 4.39 Å². The first-order chi connectivity index (χ1) is 8.20. The monoisotopic (exact) mass is 230 g/mol. The third-order valence-corrected chi connectivity index (χ3v) is 2.84. The molecule has 2 rings (SSSR count). The van der Waals surface area contributed by atoms with E-state index in [9.17, 15) is 4.39 Å². The first kappa shape index (κ1) is 11.6. The van der Waals surface area contributed by atoms with Gasteiger partial charge >= 0.3 is 0 Å². The van der Waals surface area contributed by atoms with Gasteiger partial charge in [0.2, 0.25) is 0 Å². The predicted octanol–water partition coefficient (Wildman–Crippen LogP) is 4.17. The van der Waals surface area contributed by atoms with Crippen LogP contribution in [0.2, 0.25) is 0 Å². The molecule has 0 saturated carbocycles. The molecule has 0 saturated heterocycles. The molecular weight excluding hydrogens is 215 g/mol. The summed E-state index contributed by atoms with van der Waals surface area (Å²) in [6.07, 6.45) is 7.37. The molecule has 1 aromatic rings. The van der Waals surface area contributed by atoms with Crippen molar-refractivity contribution >= 4 is 0 Å². The van der Waals surface area contributed by atoms with Crippen molar-refractivity contribution in [3.05, 3.63) is 65.7 Å². The molecule has 0 fully saturated rings. The zero-order valence-electron chi connectivity index (χ0n) is 9.87. The highest BCUT2D eigenvalue weighted by molar-refractivity contribution is 5.40. The fourth-order valence-corrected chi connectivity index (χ4v) is 1.89. The Morgan fingerprint density at radius 1 is 1.35 bits per heavy atom. The summed E-state index contributed by atoms with van der Waals surface area (Å²) in [5, 5.41) is 0. The van der Waals surface area contributed by atoms with Crippen molar-refractivity contribution in [3.63, 3.8) is 0 Å². The molecule has 0 radical (unpaired) electrons. The van der Waals surface area contributed by atoms with E-state index in [-0.39, 0.29) is 5.82 Å². The van der Waals surface area contributed by atoms with Gasteiger partial charge < -0.3 is 4.74 Å². The Morgan fingerprint density at radius 3 is 2.94 bits per heavy atom. The second-order valence-electron chi connectivity index (χ2n) is 4.03. The van der Waals surface area contributed by atoms with Crippen LogP contribution in [0.5, 0.6) is 5.75 Å². The van der Waals surface area contributed by atoms with Gasteiger partial charge in [-0.3, -0.25) is 0 Å². The lowest BCUT2D eigenvalue weighted by Crippen LogP contribution is -1.94. The molecule has 0 aromatic heterocycles. The second-order valence-corrected chi connectivity index (χ2v) is 4.03. The van der Waals surface area contributed by atoms with Crippen LogP contribution >= 0.6 is 0 Å². The summed E-state index contributed by atoms with van der Waals surface area (Å²) in [5.74, 6) is 1.19. The molecule has 2 heteroatoms. The average molecular weight is 230 g/mol. The SMILES string of the molecule is C=C/C=C\C1=C(C)Oc2cc(F)ccc2CC1. The van der Waals surface area contributed by atoms with Gasteiger partial charge in [0.25, 0.3) is 0 Å². The molecule has 1 aliphatic rings. The molecule has 0 aliphatic carbocycles. The van der Waals surface area contributed by atoms with E-state index in [2.05, 4.69) is 6.58 Å². The van der Waals surface area contributed by atoms with Crippen LogP contribution in [-0.2, 0) is 6.42 Å². The fourth-order valence-electron chi connectivity index (χ4n) is 1.89. The lowest BCUT2D eigenvalue weighted by atomic mass is 10.0. The van der Waals surface area contributed by atoms with Crippen LogP contribution in [0.15, 0.2) is 54.3 Å². The van der Waals surface area contributed by atoms with Crippen LogP contribution < -0.4 is 4.74 Å². The predicted molar refractivity (Wildman–Crippen MR) is 67.4 cm³/mol. The molecule has 0 amide bonds. The maximum absolute atomic E-state index is 13.1. The summed E-state index contributed by atoms with van der Waals surface area (Å²) in [6.45, 7) is 5.55. The zero-order valence-corrected chi connectivity index (χ0v) is 9.87. The van der Waals surface area contributed by atoms with E-state index < -0.39 is 0 Å². The topological polar surface area (TPSA) is 9.23 Å². The molecule has 1 heterocycles. The van der Waals surface area contributed by atoms with Crippen molar-refractivity contribution in [1.82, 2.24) is 0 Å². The molecule has 0 atom stereocenters. The van der Waals surface area contributed by atoms with Gasteiger partial charge in [-0.2, -0.15) is 0 Å². The highest BCUT2D eigenvalue weighted by Gasteiger charge is 2.13. The van der Waals surface area contributed by atoms with E-state index in [1.165, 1.54) is 12.1 Å². The van der Waals surface area contributed by atoms with Crippen LogP contribution in [-0.4, -0.2) is 0 Å². The van der Waals surface area contributed by atoms with Gasteiger partial charge in [0.1, 0.15) is 17.3 Å². The number of hydrogen-bond acceptors (Lipinski definition) is 1. The van der Waals surface area contributed by atoms with Gasteiger partial charge in [-0.05, 0) is 37.0 Å². The molecule has 1 aliphatic heterocycles. The average Bonchev–Trinajstić information content (AvgIpc) is 2.45. The Hall–Kier alpha value is -1.83. The quantitative estimate of drug-likeness (QED) is 0.693. The smallest absolute Gasteiger partial charge is 0.133 e. The Balaban J connectivity index is 2.32. The van der Waals surface area contributed by atoms with Gasteiger partial charge in [0.05, 0.1) is 0 Å². The van der Waals surface area contributed by atoms with Crippen LogP contribution in [0.25, 0.3) is 0 Å². The Labute approximate surface area is 101 Å². The van der Waals surface area contributed by atoms with Crippen LogP contribution in [0.1, 0.15) is 18.9 Å². The summed E-state index contributed by atoms with van der Waals surface area (Å²) in [5.41, 5.74) is 2.18. The number of halogens is 1. The minimum absolute atomic E-state index is 0.262. The van der Waals surface area contributed by atoms with E-state index in [4.69, 9.17) is 4.74 Å². The molecule has 0 spiro atoms. The lowest BCUT2D eigenvalue weighted by molar-refractivity contribution is 0.420. The Bertz CT molecular complexity index is 498. The molecule has 0 unspecified atom stereocenters. The van der Waals surface area contributed by atoms with Gasteiger partial charge in [-0.15, -0.1) is 0 Å². The molecule has 0 N–H and O–H groups in total. The number of aryl methyl sites for hydroxylation is 1. The van der Waals surface area contributed by atoms with Crippen molar-refractivity contribution in [2.45, 2.75) is 19.8 Å². The summed E-state index contributed by atoms with van der Waals surface area (Å²) >= 11 is 0. The van der Waals surface area contributed by atoms with Crippen LogP contribution in [0.3, 0.4) is 0 Å². The first-order valence-electron chi connectivity index (χ1n) is 5.66. The minimum Gasteiger partial charge on any atom is -0.461 e. The van der Waals surface area contributed by atoms with Crippen molar-refractivity contribution in [3.8, 4) is 5.75 Å². The Morgan fingerprint density at radius 2 is 2.18 bits per heavy atom. The van der Waals surface area contributed by atoms with E-state index in [0.29, 0.717) is 5.75 Å². The third-order valence-electron chi connectivity index (χ3n) is 2.84.